The van der Waals surface area contributed by atoms with Gasteiger partial charge in [0.05, 0.1) is 19.8 Å². The van der Waals surface area contributed by atoms with Crippen LogP contribution in [-0.4, -0.2) is 74.3 Å². The Morgan fingerprint density at radius 2 is 2.00 bits per heavy atom. The van der Waals surface area contributed by atoms with Gasteiger partial charge >= 0.3 is 0 Å². The highest BCUT2D eigenvalue weighted by molar-refractivity contribution is 5.80. The van der Waals surface area contributed by atoms with Crippen molar-refractivity contribution in [2.24, 2.45) is 10.4 Å². The summed E-state index contributed by atoms with van der Waals surface area (Å²) in [4.78, 5) is 9.77. The number of ether oxygens (including phenoxy) is 1. The molecule has 5 heteroatoms. The average Bonchev–Trinajstić information content (AvgIpc) is 2.84. The minimum atomic E-state index is 0.409. The maximum Gasteiger partial charge on any atom is 0.193 e. The Bertz CT molecular complexity index is 350. The van der Waals surface area contributed by atoms with Crippen molar-refractivity contribution in [3.05, 3.63) is 0 Å². The lowest BCUT2D eigenvalue weighted by molar-refractivity contribution is 0.0220. The number of nitrogens with one attached hydrogen (secondary N) is 1. The lowest BCUT2D eigenvalue weighted by atomic mass is 9.93. The minimum Gasteiger partial charge on any atom is -0.379 e. The van der Waals surface area contributed by atoms with Crippen LogP contribution in [0.25, 0.3) is 0 Å². The number of hydrogen-bond acceptors (Lipinski definition) is 3. The summed E-state index contributed by atoms with van der Waals surface area (Å²) in [5, 5.41) is 3.45. The topological polar surface area (TPSA) is 40.1 Å². The van der Waals surface area contributed by atoms with Crippen LogP contribution in [-0.2, 0) is 4.74 Å². The zero-order valence-corrected chi connectivity index (χ0v) is 14.2. The van der Waals surface area contributed by atoms with Crippen LogP contribution in [0.2, 0.25) is 0 Å². The quantitative estimate of drug-likeness (QED) is 0.629. The predicted octanol–water partition coefficient (Wildman–Crippen LogP) is 1.40. The smallest absolute Gasteiger partial charge is 0.193 e. The molecule has 0 saturated carbocycles. The molecule has 0 aromatic heterocycles. The molecule has 1 N–H and O–H groups in total. The molecular formula is C16H32N4O. The minimum absolute atomic E-state index is 0.409. The van der Waals surface area contributed by atoms with Crippen molar-refractivity contribution < 1.29 is 4.74 Å². The van der Waals surface area contributed by atoms with Gasteiger partial charge in [-0.3, -0.25) is 9.89 Å². The first-order chi connectivity index (χ1) is 10.0. The van der Waals surface area contributed by atoms with E-state index >= 15 is 0 Å². The van der Waals surface area contributed by atoms with E-state index in [-0.39, 0.29) is 0 Å². The van der Waals surface area contributed by atoms with Gasteiger partial charge in [-0.2, -0.15) is 0 Å². The molecular weight excluding hydrogens is 264 g/mol. The van der Waals surface area contributed by atoms with E-state index in [1.807, 2.05) is 0 Å². The van der Waals surface area contributed by atoms with Gasteiger partial charge in [-0.1, -0.05) is 13.8 Å². The molecule has 0 aromatic carbocycles. The van der Waals surface area contributed by atoms with Gasteiger partial charge in [-0.15, -0.1) is 0 Å². The number of morpholine rings is 1. The van der Waals surface area contributed by atoms with Gasteiger partial charge in [0.15, 0.2) is 5.96 Å². The van der Waals surface area contributed by atoms with Crippen LogP contribution in [0.3, 0.4) is 0 Å². The fraction of sp³-hybridized carbons (Fsp3) is 0.938. The summed E-state index contributed by atoms with van der Waals surface area (Å²) in [6.07, 6.45) is 1.25. The van der Waals surface area contributed by atoms with Crippen LogP contribution in [0.1, 0.15) is 34.1 Å². The molecule has 2 saturated heterocycles. The average molecular weight is 296 g/mol. The summed E-state index contributed by atoms with van der Waals surface area (Å²) in [6, 6.07) is 0.484. The van der Waals surface area contributed by atoms with Crippen molar-refractivity contribution in [2.75, 3.05) is 52.5 Å². The second-order valence-corrected chi connectivity index (χ2v) is 7.03. The third kappa shape index (κ3) is 4.85. The maximum atomic E-state index is 5.42. The second kappa shape index (κ2) is 7.45. The molecule has 0 radical (unpaired) electrons. The molecule has 2 aliphatic rings. The van der Waals surface area contributed by atoms with Crippen LogP contribution >= 0.6 is 0 Å². The third-order valence-electron chi connectivity index (χ3n) is 4.49. The first-order valence-corrected chi connectivity index (χ1v) is 8.37. The Hall–Kier alpha value is -0.810. The predicted molar refractivity (Wildman–Crippen MR) is 87.8 cm³/mol. The van der Waals surface area contributed by atoms with Gasteiger partial charge in [0, 0.05) is 38.8 Å². The highest BCUT2D eigenvalue weighted by Gasteiger charge is 2.31. The SMILES string of the molecule is CCNC(=NCC(C)N1CCOCC1)N1CCC(C)(C)C1. The van der Waals surface area contributed by atoms with Crippen LogP contribution in [0.5, 0.6) is 0 Å². The molecule has 2 aliphatic heterocycles. The van der Waals surface area contributed by atoms with E-state index in [2.05, 4.69) is 42.8 Å². The molecule has 0 bridgehead atoms. The van der Waals surface area contributed by atoms with Gasteiger partial charge in [0.2, 0.25) is 0 Å². The van der Waals surface area contributed by atoms with E-state index < -0.39 is 0 Å². The Morgan fingerprint density at radius 1 is 1.29 bits per heavy atom. The fourth-order valence-corrected chi connectivity index (χ4v) is 3.07. The van der Waals surface area contributed by atoms with E-state index in [0.29, 0.717) is 11.5 Å². The van der Waals surface area contributed by atoms with Crippen molar-refractivity contribution in [3.8, 4) is 0 Å². The standard InChI is InChI=1S/C16H32N4O/c1-5-17-15(20-7-6-16(3,4)13-20)18-12-14(2)19-8-10-21-11-9-19/h14H,5-13H2,1-4H3,(H,17,18). The lowest BCUT2D eigenvalue weighted by Crippen LogP contribution is -2.45. The number of rotatable bonds is 4. The zero-order chi connectivity index (χ0) is 15.3. The molecule has 2 rings (SSSR count). The summed E-state index contributed by atoms with van der Waals surface area (Å²) in [5.41, 5.74) is 0.409. The monoisotopic (exact) mass is 296 g/mol. The second-order valence-electron chi connectivity index (χ2n) is 7.03. The van der Waals surface area contributed by atoms with Crippen LogP contribution < -0.4 is 5.32 Å². The molecule has 122 valence electrons. The highest BCUT2D eigenvalue weighted by atomic mass is 16.5. The first-order valence-electron chi connectivity index (χ1n) is 8.37. The van der Waals surface area contributed by atoms with Crippen LogP contribution in [0, 0.1) is 5.41 Å². The molecule has 21 heavy (non-hydrogen) atoms. The molecule has 1 unspecified atom stereocenters. The van der Waals surface area contributed by atoms with Gasteiger partial charge in [-0.25, -0.2) is 0 Å². The Labute approximate surface area is 129 Å². The normalized spacial score (nSPS) is 25.1. The number of aliphatic imine (C=N–C) groups is 1. The van der Waals surface area contributed by atoms with Gasteiger partial charge in [0.25, 0.3) is 0 Å². The van der Waals surface area contributed by atoms with Crippen molar-refractivity contribution in [1.82, 2.24) is 15.1 Å². The van der Waals surface area contributed by atoms with Gasteiger partial charge in [0.1, 0.15) is 0 Å². The van der Waals surface area contributed by atoms with E-state index in [1.165, 1.54) is 6.42 Å². The maximum absolute atomic E-state index is 5.42. The van der Waals surface area contributed by atoms with Crippen LogP contribution in [0.15, 0.2) is 4.99 Å². The van der Waals surface area contributed by atoms with Gasteiger partial charge < -0.3 is 15.0 Å². The Kier molecular flexibility index (Phi) is 5.88. The van der Waals surface area contributed by atoms with Gasteiger partial charge in [-0.05, 0) is 25.7 Å². The number of guanidine groups is 1. The Morgan fingerprint density at radius 3 is 2.57 bits per heavy atom. The van der Waals surface area contributed by atoms with Crippen molar-refractivity contribution in [1.29, 1.82) is 0 Å². The summed E-state index contributed by atoms with van der Waals surface area (Å²) >= 11 is 0. The molecule has 0 amide bonds. The zero-order valence-electron chi connectivity index (χ0n) is 14.2. The molecule has 0 spiro atoms. The summed E-state index contributed by atoms with van der Waals surface area (Å²) in [5.74, 6) is 1.09. The summed E-state index contributed by atoms with van der Waals surface area (Å²) in [7, 11) is 0. The lowest BCUT2D eigenvalue weighted by Gasteiger charge is -2.32. The van der Waals surface area contributed by atoms with Crippen molar-refractivity contribution in [3.63, 3.8) is 0 Å². The van der Waals surface area contributed by atoms with Crippen molar-refractivity contribution in [2.45, 2.75) is 40.2 Å². The third-order valence-corrected chi connectivity index (χ3v) is 4.49. The van der Waals surface area contributed by atoms with E-state index in [1.54, 1.807) is 0 Å². The highest BCUT2D eigenvalue weighted by Crippen LogP contribution is 2.28. The molecule has 1 atom stereocenters. The molecule has 0 aliphatic carbocycles. The molecule has 5 nitrogen and oxygen atoms in total. The number of likely N-dealkylation sites (tertiary alicyclic amines) is 1. The largest absolute Gasteiger partial charge is 0.379 e. The Balaban J connectivity index is 1.91. The first kappa shape index (κ1) is 16.6. The van der Waals surface area contributed by atoms with E-state index in [4.69, 9.17) is 9.73 Å². The summed E-state index contributed by atoms with van der Waals surface area (Å²) in [6.45, 7) is 16.9. The number of hydrogen-bond donors (Lipinski definition) is 1. The molecule has 2 heterocycles. The number of nitrogens with zero attached hydrogens (tertiary/aromatic N) is 3. The van der Waals surface area contributed by atoms with E-state index in [0.717, 1.165) is 58.4 Å². The fourth-order valence-electron chi connectivity index (χ4n) is 3.07. The molecule has 2 fully saturated rings. The van der Waals surface area contributed by atoms with E-state index in [9.17, 15) is 0 Å². The summed E-state index contributed by atoms with van der Waals surface area (Å²) < 4.78 is 5.42. The van der Waals surface area contributed by atoms with Crippen molar-refractivity contribution >= 4 is 5.96 Å². The molecule has 0 aromatic rings. The van der Waals surface area contributed by atoms with Crippen LogP contribution in [0.4, 0.5) is 0 Å².